The molecule has 0 fully saturated rings. The van der Waals surface area contributed by atoms with Gasteiger partial charge in [-0.2, -0.15) is 9.78 Å². The molecule has 0 radical (unpaired) electrons. The molecular weight excluding hydrogens is 400 g/mol. The molecule has 2 heterocycles. The predicted octanol–water partition coefficient (Wildman–Crippen LogP) is 4.21. The number of aryl methyl sites for hydroxylation is 3. The van der Waals surface area contributed by atoms with Crippen LogP contribution in [0.1, 0.15) is 35.4 Å². The predicted molar refractivity (Wildman–Crippen MR) is 127 cm³/mol. The van der Waals surface area contributed by atoms with E-state index in [4.69, 9.17) is 0 Å². The van der Waals surface area contributed by atoms with Gasteiger partial charge in [-0.25, -0.2) is 0 Å². The van der Waals surface area contributed by atoms with Crippen molar-refractivity contribution in [1.82, 2.24) is 19.7 Å². The maximum Gasteiger partial charge on any atom is 0.281 e. The van der Waals surface area contributed by atoms with Gasteiger partial charge in [-0.15, -0.1) is 0 Å². The Kier molecular flexibility index (Phi) is 6.21. The number of rotatable bonds is 7. The number of hydrogen-bond donors (Lipinski definition) is 1. The highest BCUT2D eigenvalue weighted by molar-refractivity contribution is 5.87. The van der Waals surface area contributed by atoms with E-state index in [2.05, 4.69) is 15.0 Å². The summed E-state index contributed by atoms with van der Waals surface area (Å²) in [5.41, 5.74) is 4.83. The molecule has 0 aliphatic heterocycles. The average molecular weight is 429 g/mol. The van der Waals surface area contributed by atoms with E-state index in [0.29, 0.717) is 31.3 Å². The SMILES string of the molecule is Cc1ccc(CNC(=O)CCCn2c(C)c3cnn(-c4ccccc4)c(=O)c3c2C)cc1. The van der Waals surface area contributed by atoms with Gasteiger partial charge in [0.15, 0.2) is 0 Å². The average Bonchev–Trinajstić information content (AvgIpc) is 3.05. The first kappa shape index (κ1) is 21.6. The summed E-state index contributed by atoms with van der Waals surface area (Å²) in [5.74, 6) is 0.0330. The van der Waals surface area contributed by atoms with E-state index in [0.717, 1.165) is 28.0 Å². The Morgan fingerprint density at radius 3 is 2.41 bits per heavy atom. The van der Waals surface area contributed by atoms with E-state index in [-0.39, 0.29) is 11.5 Å². The second-order valence-corrected chi connectivity index (χ2v) is 8.17. The molecule has 0 spiro atoms. The van der Waals surface area contributed by atoms with Crippen molar-refractivity contribution >= 4 is 16.7 Å². The molecule has 0 aliphatic rings. The fourth-order valence-electron chi connectivity index (χ4n) is 4.09. The largest absolute Gasteiger partial charge is 0.352 e. The number of nitrogens with one attached hydrogen (secondary N) is 1. The molecule has 0 saturated carbocycles. The third-order valence-corrected chi connectivity index (χ3v) is 5.94. The van der Waals surface area contributed by atoms with Crippen LogP contribution in [0.4, 0.5) is 0 Å². The summed E-state index contributed by atoms with van der Waals surface area (Å²) in [7, 11) is 0. The summed E-state index contributed by atoms with van der Waals surface area (Å²) < 4.78 is 3.56. The van der Waals surface area contributed by atoms with E-state index in [1.165, 1.54) is 10.2 Å². The fourth-order valence-corrected chi connectivity index (χ4v) is 4.09. The number of nitrogens with zero attached hydrogens (tertiary/aromatic N) is 3. The van der Waals surface area contributed by atoms with Gasteiger partial charge in [0, 0.05) is 36.3 Å². The molecule has 2 aromatic carbocycles. The van der Waals surface area contributed by atoms with Gasteiger partial charge in [0.25, 0.3) is 5.56 Å². The summed E-state index contributed by atoms with van der Waals surface area (Å²) in [5, 5.41) is 8.92. The second-order valence-electron chi connectivity index (χ2n) is 8.17. The van der Waals surface area contributed by atoms with E-state index < -0.39 is 0 Å². The lowest BCUT2D eigenvalue weighted by Crippen LogP contribution is -2.23. The van der Waals surface area contributed by atoms with E-state index in [9.17, 15) is 9.59 Å². The molecular formula is C26H28N4O2. The van der Waals surface area contributed by atoms with Gasteiger partial charge in [-0.05, 0) is 44.9 Å². The monoisotopic (exact) mass is 428 g/mol. The zero-order valence-electron chi connectivity index (χ0n) is 18.8. The van der Waals surface area contributed by atoms with Gasteiger partial charge in [0.1, 0.15) is 0 Å². The molecule has 2 aromatic heterocycles. The first-order valence-electron chi connectivity index (χ1n) is 10.9. The van der Waals surface area contributed by atoms with Gasteiger partial charge in [0.05, 0.1) is 17.3 Å². The van der Waals surface area contributed by atoms with Crippen LogP contribution >= 0.6 is 0 Å². The van der Waals surface area contributed by atoms with Crippen molar-refractivity contribution in [2.75, 3.05) is 0 Å². The van der Waals surface area contributed by atoms with Gasteiger partial charge in [-0.3, -0.25) is 9.59 Å². The Labute approximate surface area is 187 Å². The number of aromatic nitrogens is 3. The van der Waals surface area contributed by atoms with Gasteiger partial charge in [0.2, 0.25) is 5.91 Å². The van der Waals surface area contributed by atoms with Crippen LogP contribution in [0, 0.1) is 20.8 Å². The van der Waals surface area contributed by atoms with Crippen molar-refractivity contribution in [3.63, 3.8) is 0 Å². The highest BCUT2D eigenvalue weighted by Crippen LogP contribution is 2.23. The van der Waals surface area contributed by atoms with Crippen molar-refractivity contribution in [2.45, 2.75) is 46.7 Å². The molecule has 0 bridgehead atoms. The lowest BCUT2D eigenvalue weighted by Gasteiger charge is -2.10. The fraction of sp³-hybridized carbons (Fsp3) is 0.269. The van der Waals surface area contributed by atoms with Crippen LogP contribution in [0.25, 0.3) is 16.5 Å². The maximum absolute atomic E-state index is 13.2. The van der Waals surface area contributed by atoms with Crippen LogP contribution in [0.3, 0.4) is 0 Å². The van der Waals surface area contributed by atoms with E-state index >= 15 is 0 Å². The van der Waals surface area contributed by atoms with Crippen LogP contribution in [0.15, 0.2) is 65.6 Å². The topological polar surface area (TPSA) is 68.9 Å². The standard InChI is InChI=1S/C26H28N4O2/c1-18-11-13-21(14-12-18)16-27-24(31)10-7-15-29-19(2)23-17-28-30(22-8-5-4-6-9-22)26(32)25(23)20(29)3/h4-6,8-9,11-14,17H,7,10,15-16H2,1-3H3,(H,27,31). The number of hydrogen-bond acceptors (Lipinski definition) is 3. The molecule has 0 saturated heterocycles. The summed E-state index contributed by atoms with van der Waals surface area (Å²) in [6.45, 7) is 7.22. The highest BCUT2D eigenvalue weighted by Gasteiger charge is 2.17. The van der Waals surface area contributed by atoms with Gasteiger partial charge >= 0.3 is 0 Å². The lowest BCUT2D eigenvalue weighted by molar-refractivity contribution is -0.121. The normalized spacial score (nSPS) is 11.1. The number of carbonyl (C=O) groups excluding carboxylic acids is 1. The number of amides is 1. The van der Waals surface area contributed by atoms with Crippen LogP contribution in [0.2, 0.25) is 0 Å². The minimum absolute atomic E-state index is 0.0330. The molecule has 0 aliphatic carbocycles. The molecule has 4 aromatic rings. The number of benzene rings is 2. The van der Waals surface area contributed by atoms with Gasteiger partial charge < -0.3 is 9.88 Å². The van der Waals surface area contributed by atoms with E-state index in [1.807, 2.05) is 75.4 Å². The summed E-state index contributed by atoms with van der Waals surface area (Å²) in [4.78, 5) is 25.4. The first-order valence-corrected chi connectivity index (χ1v) is 10.9. The van der Waals surface area contributed by atoms with E-state index in [1.54, 1.807) is 6.20 Å². The summed E-state index contributed by atoms with van der Waals surface area (Å²) in [6, 6.07) is 17.6. The smallest absolute Gasteiger partial charge is 0.281 e. The van der Waals surface area contributed by atoms with Crippen molar-refractivity contribution in [2.24, 2.45) is 0 Å². The second kappa shape index (κ2) is 9.22. The molecule has 32 heavy (non-hydrogen) atoms. The number of fused-ring (bicyclic) bond motifs is 1. The van der Waals surface area contributed by atoms with Crippen molar-refractivity contribution in [3.05, 3.63) is 93.7 Å². The van der Waals surface area contributed by atoms with Crippen molar-refractivity contribution in [1.29, 1.82) is 0 Å². The van der Waals surface area contributed by atoms with Gasteiger partial charge in [-0.1, -0.05) is 48.0 Å². The number of para-hydroxylation sites is 1. The molecule has 0 atom stereocenters. The molecule has 6 heteroatoms. The summed E-state index contributed by atoms with van der Waals surface area (Å²) >= 11 is 0. The maximum atomic E-state index is 13.2. The molecule has 164 valence electrons. The molecule has 1 amide bonds. The Balaban J connectivity index is 1.45. The van der Waals surface area contributed by atoms with Crippen molar-refractivity contribution < 1.29 is 4.79 Å². The number of carbonyl (C=O) groups is 1. The minimum Gasteiger partial charge on any atom is -0.352 e. The Morgan fingerprint density at radius 2 is 1.69 bits per heavy atom. The molecule has 6 nitrogen and oxygen atoms in total. The van der Waals surface area contributed by atoms with Crippen LogP contribution in [0.5, 0.6) is 0 Å². The highest BCUT2D eigenvalue weighted by atomic mass is 16.1. The molecule has 4 rings (SSSR count). The Morgan fingerprint density at radius 1 is 0.969 bits per heavy atom. The van der Waals surface area contributed by atoms with Crippen LogP contribution in [-0.2, 0) is 17.9 Å². The molecule has 0 unspecified atom stereocenters. The first-order chi connectivity index (χ1) is 15.5. The lowest BCUT2D eigenvalue weighted by atomic mass is 10.1. The Hall–Kier alpha value is -3.67. The zero-order chi connectivity index (χ0) is 22.7. The Bertz CT molecular complexity index is 1300. The molecule has 1 N–H and O–H groups in total. The van der Waals surface area contributed by atoms with Crippen LogP contribution < -0.4 is 10.9 Å². The zero-order valence-corrected chi connectivity index (χ0v) is 18.8. The van der Waals surface area contributed by atoms with Crippen molar-refractivity contribution in [3.8, 4) is 5.69 Å². The third kappa shape index (κ3) is 4.35. The minimum atomic E-state index is -0.121. The quantitative estimate of drug-likeness (QED) is 0.479. The van der Waals surface area contributed by atoms with Crippen LogP contribution in [-0.4, -0.2) is 20.3 Å². The third-order valence-electron chi connectivity index (χ3n) is 5.94. The summed E-state index contributed by atoms with van der Waals surface area (Å²) in [6.07, 6.45) is 2.89.